The van der Waals surface area contributed by atoms with Gasteiger partial charge >= 0.3 is 0 Å². The monoisotopic (exact) mass is 421 g/mol. The summed E-state index contributed by atoms with van der Waals surface area (Å²) in [5, 5.41) is 13.7. The quantitative estimate of drug-likeness (QED) is 0.368. The van der Waals surface area contributed by atoms with Gasteiger partial charge in [0, 0.05) is 18.7 Å². The highest BCUT2D eigenvalue weighted by Gasteiger charge is 2.24. The first-order valence-corrected chi connectivity index (χ1v) is 10.9. The molecule has 6 heteroatoms. The number of aryl methyl sites for hydroxylation is 1. The molecular formula is C25H31N3O3. The van der Waals surface area contributed by atoms with Crippen LogP contribution in [0.4, 0.5) is 0 Å². The van der Waals surface area contributed by atoms with E-state index in [1.807, 2.05) is 60.7 Å². The Kier molecular flexibility index (Phi) is 7.98. The summed E-state index contributed by atoms with van der Waals surface area (Å²) in [7, 11) is 0. The van der Waals surface area contributed by atoms with Crippen molar-refractivity contribution < 1.29 is 9.90 Å². The van der Waals surface area contributed by atoms with Crippen LogP contribution in [0, 0.1) is 6.92 Å². The lowest BCUT2D eigenvalue weighted by Crippen LogP contribution is -2.33. The number of carbonyl (C=O) groups is 1. The van der Waals surface area contributed by atoms with Crippen molar-refractivity contribution in [3.05, 3.63) is 87.8 Å². The van der Waals surface area contributed by atoms with Gasteiger partial charge in [-0.25, -0.2) is 4.68 Å². The molecule has 1 unspecified atom stereocenters. The Morgan fingerprint density at radius 1 is 1.06 bits per heavy atom. The first-order chi connectivity index (χ1) is 15.0. The number of hydrogen-bond acceptors (Lipinski definition) is 4. The predicted molar refractivity (Wildman–Crippen MR) is 123 cm³/mol. The van der Waals surface area contributed by atoms with Crippen molar-refractivity contribution in [2.45, 2.75) is 45.8 Å². The molecule has 31 heavy (non-hydrogen) atoms. The van der Waals surface area contributed by atoms with Crippen molar-refractivity contribution in [2.75, 3.05) is 13.1 Å². The lowest BCUT2D eigenvalue weighted by Gasteiger charge is -2.18. The van der Waals surface area contributed by atoms with Crippen molar-refractivity contribution in [3.63, 3.8) is 0 Å². The van der Waals surface area contributed by atoms with Gasteiger partial charge in [0.2, 0.25) is 0 Å². The van der Waals surface area contributed by atoms with E-state index < -0.39 is 6.10 Å². The minimum absolute atomic E-state index is 0.173. The second-order valence-electron chi connectivity index (χ2n) is 7.76. The SMILES string of the molecule is CCCNCC(O)Cn1c(C)c(C(=O)CCc2ccccc2)c(=O)n1-c1ccccc1. The molecule has 0 aliphatic rings. The number of aliphatic hydroxyl groups excluding tert-OH is 1. The molecule has 0 aliphatic heterocycles. The summed E-state index contributed by atoms with van der Waals surface area (Å²) in [5.41, 5.74) is 2.19. The average Bonchev–Trinajstić information content (AvgIpc) is 3.03. The Bertz CT molecular complexity index is 1040. The third kappa shape index (κ3) is 5.60. The molecule has 0 spiro atoms. The summed E-state index contributed by atoms with van der Waals surface area (Å²) in [5.74, 6) is -0.173. The Labute approximate surface area is 183 Å². The Hall–Kier alpha value is -2.96. The highest BCUT2D eigenvalue weighted by atomic mass is 16.3. The zero-order valence-electron chi connectivity index (χ0n) is 18.3. The number of ketones is 1. The van der Waals surface area contributed by atoms with Crippen LogP contribution < -0.4 is 10.9 Å². The minimum atomic E-state index is -0.681. The van der Waals surface area contributed by atoms with E-state index in [4.69, 9.17) is 0 Å². The van der Waals surface area contributed by atoms with Crippen LogP contribution in [-0.4, -0.2) is 39.4 Å². The molecule has 0 saturated carbocycles. The second kappa shape index (κ2) is 10.9. The van der Waals surface area contributed by atoms with E-state index in [0.717, 1.165) is 18.5 Å². The molecule has 1 aromatic heterocycles. The number of hydrogen-bond donors (Lipinski definition) is 2. The van der Waals surface area contributed by atoms with E-state index in [0.29, 0.717) is 24.3 Å². The highest BCUT2D eigenvalue weighted by molar-refractivity contribution is 5.97. The van der Waals surface area contributed by atoms with E-state index >= 15 is 0 Å². The summed E-state index contributed by atoms with van der Waals surface area (Å²) >= 11 is 0. The Morgan fingerprint density at radius 2 is 1.71 bits per heavy atom. The van der Waals surface area contributed by atoms with Crippen molar-refractivity contribution in [2.24, 2.45) is 0 Å². The van der Waals surface area contributed by atoms with E-state index in [2.05, 4.69) is 12.2 Å². The van der Waals surface area contributed by atoms with Gasteiger partial charge in [0.1, 0.15) is 5.56 Å². The van der Waals surface area contributed by atoms with Crippen molar-refractivity contribution in [1.29, 1.82) is 0 Å². The molecule has 0 fully saturated rings. The van der Waals surface area contributed by atoms with Crippen LogP contribution in [0.1, 0.15) is 41.4 Å². The number of rotatable bonds is 11. The predicted octanol–water partition coefficient (Wildman–Crippen LogP) is 3.12. The third-order valence-corrected chi connectivity index (χ3v) is 5.35. The number of nitrogens with one attached hydrogen (secondary N) is 1. The normalized spacial score (nSPS) is 12.1. The van der Waals surface area contributed by atoms with Gasteiger partial charge in [-0.15, -0.1) is 0 Å². The van der Waals surface area contributed by atoms with Crippen LogP contribution in [-0.2, 0) is 13.0 Å². The minimum Gasteiger partial charge on any atom is -0.390 e. The molecule has 2 N–H and O–H groups in total. The average molecular weight is 422 g/mol. The van der Waals surface area contributed by atoms with E-state index in [9.17, 15) is 14.7 Å². The molecule has 3 aromatic rings. The number of Topliss-reactive ketones (excluding diaryl/α,β-unsaturated/α-hetero) is 1. The number of carbonyl (C=O) groups excluding carboxylic acids is 1. The number of para-hydroxylation sites is 1. The van der Waals surface area contributed by atoms with Gasteiger partial charge in [0.05, 0.1) is 18.3 Å². The summed E-state index contributed by atoms with van der Waals surface area (Å²) in [6.07, 6.45) is 1.14. The van der Waals surface area contributed by atoms with Crippen molar-refractivity contribution >= 4 is 5.78 Å². The lowest BCUT2D eigenvalue weighted by atomic mass is 10.0. The molecule has 164 valence electrons. The topological polar surface area (TPSA) is 76.3 Å². The molecule has 1 atom stereocenters. The molecule has 1 heterocycles. The maximum atomic E-state index is 13.3. The summed E-state index contributed by atoms with van der Waals surface area (Å²) in [4.78, 5) is 26.4. The highest BCUT2D eigenvalue weighted by Crippen LogP contribution is 2.15. The Morgan fingerprint density at radius 3 is 2.35 bits per heavy atom. The maximum Gasteiger partial charge on any atom is 0.282 e. The smallest absolute Gasteiger partial charge is 0.282 e. The van der Waals surface area contributed by atoms with Crippen LogP contribution in [0.5, 0.6) is 0 Å². The number of aromatic nitrogens is 2. The molecule has 0 bridgehead atoms. The zero-order chi connectivity index (χ0) is 22.2. The van der Waals surface area contributed by atoms with Gasteiger partial charge in [-0.05, 0) is 44.0 Å². The fourth-order valence-corrected chi connectivity index (χ4v) is 3.75. The summed E-state index contributed by atoms with van der Waals surface area (Å²) < 4.78 is 3.24. The third-order valence-electron chi connectivity index (χ3n) is 5.35. The molecule has 2 aromatic carbocycles. The van der Waals surface area contributed by atoms with Gasteiger partial charge in [-0.1, -0.05) is 55.5 Å². The number of aliphatic hydroxyl groups is 1. The largest absolute Gasteiger partial charge is 0.390 e. The molecule has 0 amide bonds. The summed E-state index contributed by atoms with van der Waals surface area (Å²) in [6, 6.07) is 19.0. The van der Waals surface area contributed by atoms with E-state index in [1.54, 1.807) is 11.6 Å². The molecule has 0 saturated heterocycles. The van der Waals surface area contributed by atoms with Crippen molar-refractivity contribution in [3.8, 4) is 5.69 Å². The van der Waals surface area contributed by atoms with Crippen LogP contribution in [0.2, 0.25) is 0 Å². The van der Waals surface area contributed by atoms with E-state index in [-0.39, 0.29) is 29.9 Å². The first kappa shape index (κ1) is 22.7. The number of benzene rings is 2. The van der Waals surface area contributed by atoms with Crippen LogP contribution in [0.15, 0.2) is 65.5 Å². The molecule has 0 radical (unpaired) electrons. The molecule has 3 rings (SSSR count). The van der Waals surface area contributed by atoms with Gasteiger partial charge in [0.25, 0.3) is 5.56 Å². The second-order valence-corrected chi connectivity index (χ2v) is 7.76. The first-order valence-electron chi connectivity index (χ1n) is 10.9. The standard InChI is InChI=1S/C25H31N3O3/c1-3-16-26-17-22(29)18-27-19(2)24(23(30)15-14-20-10-6-4-7-11-20)25(31)28(27)21-12-8-5-9-13-21/h4-13,22,26,29H,3,14-18H2,1-2H3. The van der Waals surface area contributed by atoms with Gasteiger partial charge in [0.15, 0.2) is 5.78 Å². The van der Waals surface area contributed by atoms with E-state index in [1.165, 1.54) is 4.68 Å². The fourth-order valence-electron chi connectivity index (χ4n) is 3.75. The van der Waals surface area contributed by atoms with Crippen LogP contribution >= 0.6 is 0 Å². The lowest BCUT2D eigenvalue weighted by molar-refractivity contribution is 0.0980. The van der Waals surface area contributed by atoms with Gasteiger partial charge in [-0.3, -0.25) is 14.3 Å². The Balaban J connectivity index is 1.92. The summed E-state index contributed by atoms with van der Waals surface area (Å²) in [6.45, 7) is 5.31. The van der Waals surface area contributed by atoms with Crippen LogP contribution in [0.25, 0.3) is 5.69 Å². The molecule has 6 nitrogen and oxygen atoms in total. The maximum absolute atomic E-state index is 13.3. The fraction of sp³-hybridized carbons (Fsp3) is 0.360. The molecule has 0 aliphatic carbocycles. The van der Waals surface area contributed by atoms with Crippen molar-refractivity contribution in [1.82, 2.24) is 14.7 Å². The zero-order valence-corrected chi connectivity index (χ0v) is 18.3. The molecular weight excluding hydrogens is 390 g/mol. The van der Waals surface area contributed by atoms with Gasteiger partial charge in [-0.2, -0.15) is 0 Å². The number of nitrogens with zero attached hydrogens (tertiary/aromatic N) is 2. The van der Waals surface area contributed by atoms with Gasteiger partial charge < -0.3 is 10.4 Å². The van der Waals surface area contributed by atoms with Crippen LogP contribution in [0.3, 0.4) is 0 Å².